The van der Waals surface area contributed by atoms with Crippen LogP contribution in [-0.2, 0) is 19.1 Å². The molecule has 21 heavy (non-hydrogen) atoms. The van der Waals surface area contributed by atoms with Crippen LogP contribution in [0.5, 0.6) is 0 Å². The molecule has 1 aliphatic carbocycles. The van der Waals surface area contributed by atoms with E-state index < -0.39 is 5.79 Å². The van der Waals surface area contributed by atoms with Crippen LogP contribution in [0.15, 0.2) is 0 Å². The second-order valence-electron chi connectivity index (χ2n) is 5.70. The van der Waals surface area contributed by atoms with Gasteiger partial charge in [0.1, 0.15) is 0 Å². The third-order valence-electron chi connectivity index (χ3n) is 3.74. The molecule has 5 nitrogen and oxygen atoms in total. The zero-order chi connectivity index (χ0) is 15.6. The summed E-state index contributed by atoms with van der Waals surface area (Å²) >= 11 is 0. The predicted octanol–water partition coefficient (Wildman–Crippen LogP) is 3.18. The molecule has 1 saturated carbocycles. The van der Waals surface area contributed by atoms with Crippen LogP contribution >= 0.6 is 0 Å². The van der Waals surface area contributed by atoms with E-state index in [1.165, 1.54) is 0 Å². The van der Waals surface area contributed by atoms with E-state index in [0.29, 0.717) is 19.8 Å². The molecule has 0 aliphatic heterocycles. The van der Waals surface area contributed by atoms with Crippen LogP contribution < -0.4 is 5.48 Å². The van der Waals surface area contributed by atoms with Gasteiger partial charge in [-0.2, -0.15) is 5.48 Å². The summed E-state index contributed by atoms with van der Waals surface area (Å²) in [5.41, 5.74) is 2.71. The molecule has 0 aromatic carbocycles. The number of ether oxygens (including phenoxy) is 2. The molecule has 1 rings (SSSR count). The summed E-state index contributed by atoms with van der Waals surface area (Å²) in [6.07, 6.45) is 5.95. The Bertz CT molecular complexity index is 278. The fourth-order valence-corrected chi connectivity index (χ4v) is 2.51. The predicted molar refractivity (Wildman–Crippen MR) is 81.6 cm³/mol. The van der Waals surface area contributed by atoms with Gasteiger partial charge in [-0.25, -0.2) is 0 Å². The quantitative estimate of drug-likeness (QED) is 0.381. The Balaban J connectivity index is 2.43. The minimum Gasteiger partial charge on any atom is -0.370 e. The highest BCUT2D eigenvalue weighted by atomic mass is 16.7. The van der Waals surface area contributed by atoms with Gasteiger partial charge < -0.3 is 14.3 Å². The van der Waals surface area contributed by atoms with Gasteiger partial charge in [0.2, 0.25) is 0 Å². The van der Waals surface area contributed by atoms with E-state index in [4.69, 9.17) is 14.3 Å². The van der Waals surface area contributed by atoms with Gasteiger partial charge in [0, 0.05) is 32.6 Å². The molecular formula is C16H31NO4. The molecule has 0 saturated heterocycles. The molecule has 0 radical (unpaired) electrons. The lowest BCUT2D eigenvalue weighted by atomic mass is 9.85. The lowest BCUT2D eigenvalue weighted by molar-refractivity contribution is -0.256. The van der Waals surface area contributed by atoms with Crippen LogP contribution in [0.1, 0.15) is 65.7 Å². The summed E-state index contributed by atoms with van der Waals surface area (Å²) < 4.78 is 11.9. The molecule has 1 N–H and O–H groups in total. The van der Waals surface area contributed by atoms with E-state index in [-0.39, 0.29) is 11.9 Å². The van der Waals surface area contributed by atoms with Crippen molar-refractivity contribution in [3.8, 4) is 0 Å². The monoisotopic (exact) mass is 301 g/mol. The molecule has 0 bridgehead atoms. The van der Waals surface area contributed by atoms with Crippen molar-refractivity contribution in [1.29, 1.82) is 0 Å². The van der Waals surface area contributed by atoms with E-state index in [1.807, 2.05) is 6.92 Å². The van der Waals surface area contributed by atoms with Crippen molar-refractivity contribution in [3.63, 3.8) is 0 Å². The Morgan fingerprint density at radius 3 is 2.10 bits per heavy atom. The third kappa shape index (κ3) is 6.32. The Hall–Kier alpha value is -0.650. The Kier molecular flexibility index (Phi) is 8.88. The van der Waals surface area contributed by atoms with Gasteiger partial charge in [0.15, 0.2) is 5.79 Å². The van der Waals surface area contributed by atoms with Gasteiger partial charge in [-0.3, -0.25) is 4.79 Å². The zero-order valence-electron chi connectivity index (χ0n) is 13.8. The summed E-state index contributed by atoms with van der Waals surface area (Å²) in [7, 11) is 0. The van der Waals surface area contributed by atoms with E-state index >= 15 is 0 Å². The van der Waals surface area contributed by atoms with Gasteiger partial charge in [-0.1, -0.05) is 20.8 Å². The second-order valence-corrected chi connectivity index (χ2v) is 5.70. The number of carbonyl (C=O) groups is 1. The summed E-state index contributed by atoms with van der Waals surface area (Å²) in [5, 5.41) is 0. The minimum absolute atomic E-state index is 0.0436. The first-order valence-corrected chi connectivity index (χ1v) is 8.39. The Morgan fingerprint density at radius 1 is 1.05 bits per heavy atom. The third-order valence-corrected chi connectivity index (χ3v) is 3.74. The van der Waals surface area contributed by atoms with Crippen molar-refractivity contribution >= 4 is 5.97 Å². The van der Waals surface area contributed by atoms with Gasteiger partial charge in [-0.15, -0.1) is 0 Å². The van der Waals surface area contributed by atoms with Crippen molar-refractivity contribution in [1.82, 2.24) is 5.48 Å². The van der Waals surface area contributed by atoms with Crippen LogP contribution in [0.3, 0.4) is 0 Å². The first kappa shape index (κ1) is 18.4. The fourth-order valence-electron chi connectivity index (χ4n) is 2.51. The second kappa shape index (κ2) is 10.1. The van der Waals surface area contributed by atoms with Crippen molar-refractivity contribution in [2.45, 2.75) is 71.5 Å². The van der Waals surface area contributed by atoms with Crippen molar-refractivity contribution < 1.29 is 19.1 Å². The zero-order valence-corrected chi connectivity index (χ0v) is 13.8. The summed E-state index contributed by atoms with van der Waals surface area (Å²) in [4.78, 5) is 17.0. The Labute approximate surface area is 128 Å². The van der Waals surface area contributed by atoms with Gasteiger partial charge in [0.05, 0.1) is 5.92 Å². The lowest BCUT2D eigenvalue weighted by Gasteiger charge is -2.39. The summed E-state index contributed by atoms with van der Waals surface area (Å²) in [6, 6.07) is 0. The van der Waals surface area contributed by atoms with E-state index in [1.54, 1.807) is 0 Å². The molecule has 0 aromatic heterocycles. The van der Waals surface area contributed by atoms with Crippen LogP contribution in [0.25, 0.3) is 0 Å². The lowest BCUT2D eigenvalue weighted by Crippen LogP contribution is -2.42. The molecule has 1 aliphatic rings. The van der Waals surface area contributed by atoms with E-state index in [9.17, 15) is 4.79 Å². The highest BCUT2D eigenvalue weighted by Crippen LogP contribution is 2.36. The van der Waals surface area contributed by atoms with E-state index in [2.05, 4.69) is 19.3 Å². The van der Waals surface area contributed by atoms with Gasteiger partial charge >= 0.3 is 5.97 Å². The fraction of sp³-hybridized carbons (Fsp3) is 0.938. The molecule has 5 heteroatoms. The maximum absolute atomic E-state index is 11.9. The molecule has 0 unspecified atom stereocenters. The maximum Gasteiger partial charge on any atom is 0.327 e. The average Bonchev–Trinajstić information content (AvgIpc) is 2.52. The molecule has 0 heterocycles. The number of nitrogens with one attached hydrogen (secondary N) is 1. The first-order valence-electron chi connectivity index (χ1n) is 8.39. The van der Waals surface area contributed by atoms with E-state index in [0.717, 1.165) is 44.9 Å². The maximum atomic E-state index is 11.9. The molecule has 124 valence electrons. The number of carbonyl (C=O) groups excluding carboxylic acids is 1. The standard InChI is InChI=1S/C16H31NO4/c1-4-11-17-21-15(18)14-7-9-16(10-8-14,19-12-5-2)20-13-6-3/h14,17H,4-13H2,1-3H3. The Morgan fingerprint density at radius 2 is 1.62 bits per heavy atom. The molecular weight excluding hydrogens is 270 g/mol. The van der Waals surface area contributed by atoms with Gasteiger partial charge in [0.25, 0.3) is 0 Å². The number of hydrogen-bond acceptors (Lipinski definition) is 5. The topological polar surface area (TPSA) is 56.8 Å². The smallest absolute Gasteiger partial charge is 0.327 e. The van der Waals surface area contributed by atoms with Crippen molar-refractivity contribution in [2.75, 3.05) is 19.8 Å². The average molecular weight is 301 g/mol. The number of hydrogen-bond donors (Lipinski definition) is 1. The summed E-state index contributed by atoms with van der Waals surface area (Å²) in [5.74, 6) is -0.680. The minimum atomic E-state index is -0.486. The highest BCUT2D eigenvalue weighted by molar-refractivity contribution is 5.72. The van der Waals surface area contributed by atoms with Crippen molar-refractivity contribution in [3.05, 3.63) is 0 Å². The van der Waals surface area contributed by atoms with Gasteiger partial charge in [-0.05, 0) is 32.1 Å². The first-order chi connectivity index (χ1) is 10.2. The van der Waals surface area contributed by atoms with Crippen LogP contribution in [-0.4, -0.2) is 31.5 Å². The number of hydroxylamine groups is 1. The molecule has 0 amide bonds. The molecule has 1 fully saturated rings. The van der Waals surface area contributed by atoms with Crippen LogP contribution in [0.4, 0.5) is 0 Å². The number of rotatable bonds is 10. The SMILES string of the molecule is CCCNOC(=O)C1CCC(OCCC)(OCCC)CC1. The molecule has 0 spiro atoms. The molecule has 0 aromatic rings. The van der Waals surface area contributed by atoms with Crippen LogP contribution in [0, 0.1) is 5.92 Å². The molecule has 0 atom stereocenters. The largest absolute Gasteiger partial charge is 0.370 e. The summed E-state index contributed by atoms with van der Waals surface area (Å²) in [6.45, 7) is 8.33. The van der Waals surface area contributed by atoms with Crippen LogP contribution in [0.2, 0.25) is 0 Å². The normalized spacial score (nSPS) is 18.6. The highest BCUT2D eigenvalue weighted by Gasteiger charge is 2.39. The van der Waals surface area contributed by atoms with Crippen molar-refractivity contribution in [2.24, 2.45) is 5.92 Å².